The van der Waals surface area contributed by atoms with E-state index in [0.29, 0.717) is 23.8 Å². The topological polar surface area (TPSA) is 86.1 Å². The zero-order valence-electron chi connectivity index (χ0n) is 8.80. The third-order valence-corrected chi connectivity index (χ3v) is 2.15. The zero-order valence-corrected chi connectivity index (χ0v) is 8.80. The Morgan fingerprint density at radius 1 is 1.69 bits per heavy atom. The molecule has 1 amide bonds. The van der Waals surface area contributed by atoms with E-state index in [1.165, 1.54) is 10.7 Å². The van der Waals surface area contributed by atoms with Crippen LogP contribution in [0.4, 0.5) is 5.82 Å². The van der Waals surface area contributed by atoms with E-state index in [9.17, 15) is 4.79 Å². The van der Waals surface area contributed by atoms with Crippen molar-refractivity contribution in [2.45, 2.75) is 6.54 Å². The fourth-order valence-corrected chi connectivity index (χ4v) is 1.26. The van der Waals surface area contributed by atoms with Gasteiger partial charge in [0.05, 0.1) is 12.8 Å². The Labute approximate surface area is 92.0 Å². The van der Waals surface area contributed by atoms with Crippen LogP contribution in [0.3, 0.4) is 0 Å². The predicted octanol–water partition coefficient (Wildman–Crippen LogP) is 0.525. The first-order valence-electron chi connectivity index (χ1n) is 4.77. The van der Waals surface area contributed by atoms with Gasteiger partial charge in [0, 0.05) is 13.1 Å². The van der Waals surface area contributed by atoms with E-state index in [4.69, 9.17) is 10.2 Å². The molecule has 3 N–H and O–H groups in total. The highest BCUT2D eigenvalue weighted by molar-refractivity contribution is 5.92. The second-order valence-corrected chi connectivity index (χ2v) is 3.34. The maximum Gasteiger partial charge on any atom is 0.272 e. The molecule has 2 heterocycles. The van der Waals surface area contributed by atoms with Gasteiger partial charge >= 0.3 is 0 Å². The summed E-state index contributed by atoms with van der Waals surface area (Å²) in [5.74, 6) is 0.865. The van der Waals surface area contributed by atoms with Gasteiger partial charge in [0.15, 0.2) is 5.69 Å². The molecular weight excluding hydrogens is 208 g/mol. The number of aromatic nitrogens is 2. The highest BCUT2D eigenvalue weighted by Gasteiger charge is 2.11. The minimum Gasteiger partial charge on any atom is -0.467 e. The van der Waals surface area contributed by atoms with Crippen LogP contribution in [-0.4, -0.2) is 15.7 Å². The summed E-state index contributed by atoms with van der Waals surface area (Å²) in [5, 5.41) is 6.64. The van der Waals surface area contributed by atoms with Crippen LogP contribution < -0.4 is 11.1 Å². The molecule has 0 aromatic carbocycles. The average Bonchev–Trinajstić information content (AvgIpc) is 2.86. The molecule has 2 rings (SSSR count). The number of furan rings is 1. The number of hydrogen-bond donors (Lipinski definition) is 2. The van der Waals surface area contributed by atoms with Crippen molar-refractivity contribution in [3.63, 3.8) is 0 Å². The lowest BCUT2D eigenvalue weighted by Gasteiger charge is -1.99. The molecule has 0 radical (unpaired) electrons. The van der Waals surface area contributed by atoms with Gasteiger partial charge in [0.25, 0.3) is 5.91 Å². The van der Waals surface area contributed by atoms with Crippen LogP contribution in [-0.2, 0) is 13.6 Å². The normalized spacial score (nSPS) is 10.3. The monoisotopic (exact) mass is 220 g/mol. The van der Waals surface area contributed by atoms with Crippen molar-refractivity contribution < 1.29 is 9.21 Å². The van der Waals surface area contributed by atoms with Crippen molar-refractivity contribution in [3.05, 3.63) is 35.9 Å². The highest BCUT2D eigenvalue weighted by atomic mass is 16.3. The SMILES string of the molecule is Cn1nc(C(=O)NCc2ccco2)cc1N. The first-order chi connectivity index (χ1) is 7.66. The second kappa shape index (κ2) is 4.09. The Hall–Kier alpha value is -2.24. The smallest absolute Gasteiger partial charge is 0.272 e. The standard InChI is InChI=1S/C10H12N4O2/c1-14-9(11)5-8(13-14)10(15)12-6-7-3-2-4-16-7/h2-5H,6,11H2,1H3,(H,12,15). The van der Waals surface area contributed by atoms with Crippen molar-refractivity contribution in [1.29, 1.82) is 0 Å². The van der Waals surface area contributed by atoms with Gasteiger partial charge in [-0.2, -0.15) is 5.10 Å². The van der Waals surface area contributed by atoms with Crippen LogP contribution in [0, 0.1) is 0 Å². The number of nitrogens with one attached hydrogen (secondary N) is 1. The molecule has 2 aromatic rings. The largest absolute Gasteiger partial charge is 0.467 e. The lowest BCUT2D eigenvalue weighted by molar-refractivity contribution is 0.0942. The number of hydrogen-bond acceptors (Lipinski definition) is 4. The van der Waals surface area contributed by atoms with E-state index in [-0.39, 0.29) is 5.91 Å². The van der Waals surface area contributed by atoms with Crippen LogP contribution >= 0.6 is 0 Å². The van der Waals surface area contributed by atoms with Crippen molar-refractivity contribution in [1.82, 2.24) is 15.1 Å². The number of nitrogens with two attached hydrogens (primary N) is 1. The summed E-state index contributed by atoms with van der Waals surface area (Å²) in [7, 11) is 1.68. The third kappa shape index (κ3) is 2.05. The molecule has 0 saturated heterocycles. The summed E-state index contributed by atoms with van der Waals surface area (Å²) in [4.78, 5) is 11.6. The molecule has 0 saturated carbocycles. The minimum absolute atomic E-state index is 0.274. The van der Waals surface area contributed by atoms with Crippen LogP contribution in [0.25, 0.3) is 0 Å². The van der Waals surface area contributed by atoms with E-state index >= 15 is 0 Å². The quantitative estimate of drug-likeness (QED) is 0.789. The molecule has 0 unspecified atom stereocenters. The number of rotatable bonds is 3. The first kappa shape index (κ1) is 10.3. The van der Waals surface area contributed by atoms with Crippen molar-refractivity contribution in [3.8, 4) is 0 Å². The number of carbonyl (C=O) groups is 1. The molecule has 84 valence electrons. The summed E-state index contributed by atoms with van der Waals surface area (Å²) in [6.45, 7) is 0.336. The van der Waals surface area contributed by atoms with Gasteiger partial charge in [-0.15, -0.1) is 0 Å². The molecule has 6 nitrogen and oxygen atoms in total. The Morgan fingerprint density at radius 3 is 3.06 bits per heavy atom. The van der Waals surface area contributed by atoms with E-state index in [1.807, 2.05) is 0 Å². The van der Waals surface area contributed by atoms with Crippen molar-refractivity contribution in [2.24, 2.45) is 7.05 Å². The molecule has 0 spiro atoms. The highest BCUT2D eigenvalue weighted by Crippen LogP contribution is 2.05. The molecule has 0 bridgehead atoms. The first-order valence-corrected chi connectivity index (χ1v) is 4.77. The summed E-state index contributed by atoms with van der Waals surface area (Å²) >= 11 is 0. The maximum atomic E-state index is 11.6. The lowest BCUT2D eigenvalue weighted by Crippen LogP contribution is -2.23. The van der Waals surface area contributed by atoms with Gasteiger partial charge in [-0.3, -0.25) is 9.48 Å². The van der Waals surface area contributed by atoms with E-state index in [1.54, 1.807) is 25.4 Å². The van der Waals surface area contributed by atoms with Gasteiger partial charge in [0.1, 0.15) is 11.6 Å². The van der Waals surface area contributed by atoms with Gasteiger partial charge < -0.3 is 15.5 Å². The lowest BCUT2D eigenvalue weighted by atomic mass is 10.4. The van der Waals surface area contributed by atoms with Gasteiger partial charge in [-0.1, -0.05) is 0 Å². The summed E-state index contributed by atoms with van der Waals surface area (Å²) < 4.78 is 6.53. The number of nitrogens with zero attached hydrogens (tertiary/aromatic N) is 2. The van der Waals surface area contributed by atoms with Crippen LogP contribution in [0.1, 0.15) is 16.2 Å². The number of amides is 1. The fourth-order valence-electron chi connectivity index (χ4n) is 1.26. The summed E-state index contributed by atoms with van der Waals surface area (Å²) in [6.07, 6.45) is 1.56. The predicted molar refractivity (Wildman–Crippen MR) is 57.5 cm³/mol. The number of nitrogen functional groups attached to an aromatic ring is 1. The molecule has 0 fully saturated rings. The molecule has 0 atom stereocenters. The Morgan fingerprint density at radius 2 is 2.50 bits per heavy atom. The summed E-state index contributed by atoms with van der Waals surface area (Å²) in [6, 6.07) is 5.07. The molecule has 6 heteroatoms. The molecule has 0 aliphatic carbocycles. The number of aryl methyl sites for hydroxylation is 1. The van der Waals surface area contributed by atoms with Gasteiger partial charge in [-0.05, 0) is 12.1 Å². The number of carbonyl (C=O) groups excluding carboxylic acids is 1. The van der Waals surface area contributed by atoms with Crippen LogP contribution in [0.5, 0.6) is 0 Å². The van der Waals surface area contributed by atoms with E-state index < -0.39 is 0 Å². The Kier molecular flexibility index (Phi) is 2.63. The Balaban J connectivity index is 1.98. The van der Waals surface area contributed by atoms with E-state index in [2.05, 4.69) is 10.4 Å². The minimum atomic E-state index is -0.274. The fraction of sp³-hybridized carbons (Fsp3) is 0.200. The van der Waals surface area contributed by atoms with Crippen molar-refractivity contribution >= 4 is 11.7 Å². The van der Waals surface area contributed by atoms with Crippen LogP contribution in [0.2, 0.25) is 0 Å². The molecule has 0 aliphatic rings. The van der Waals surface area contributed by atoms with Gasteiger partial charge in [0.2, 0.25) is 0 Å². The average molecular weight is 220 g/mol. The molecular formula is C10H12N4O2. The van der Waals surface area contributed by atoms with Crippen molar-refractivity contribution in [2.75, 3.05) is 5.73 Å². The summed E-state index contributed by atoms with van der Waals surface area (Å²) in [5.41, 5.74) is 5.87. The second-order valence-electron chi connectivity index (χ2n) is 3.34. The van der Waals surface area contributed by atoms with Gasteiger partial charge in [-0.25, -0.2) is 0 Å². The number of anilines is 1. The maximum absolute atomic E-state index is 11.6. The van der Waals surface area contributed by atoms with E-state index in [0.717, 1.165) is 0 Å². The molecule has 16 heavy (non-hydrogen) atoms. The zero-order chi connectivity index (χ0) is 11.5. The Bertz CT molecular complexity index is 467. The van der Waals surface area contributed by atoms with Crippen LogP contribution in [0.15, 0.2) is 28.9 Å². The third-order valence-electron chi connectivity index (χ3n) is 2.15. The molecule has 2 aromatic heterocycles. The molecule has 0 aliphatic heterocycles.